The average Bonchev–Trinajstić information content (AvgIpc) is 3.43. The molecule has 2 aliphatic heterocycles. The molecular weight excluding hydrogens is 618 g/mol. The van der Waals surface area contributed by atoms with Gasteiger partial charge in [-0.25, -0.2) is 8.42 Å². The van der Waals surface area contributed by atoms with E-state index in [0.29, 0.717) is 19.5 Å². The summed E-state index contributed by atoms with van der Waals surface area (Å²) in [5, 5.41) is 9.39. The van der Waals surface area contributed by atoms with Crippen molar-refractivity contribution in [3.05, 3.63) is 111 Å². The molecule has 46 heavy (non-hydrogen) atoms. The fraction of sp³-hybridized carbons (Fsp3) is 0.417. The minimum absolute atomic E-state index is 0.343. The van der Waals surface area contributed by atoms with Crippen LogP contribution in [-0.4, -0.2) is 73.1 Å². The van der Waals surface area contributed by atoms with Crippen LogP contribution >= 0.6 is 11.6 Å². The van der Waals surface area contributed by atoms with Crippen molar-refractivity contribution in [1.29, 1.82) is 0 Å². The number of sulfonamides is 1. The van der Waals surface area contributed by atoms with Crippen molar-refractivity contribution in [1.82, 2.24) is 24.3 Å². The zero-order chi connectivity index (χ0) is 31.9. The molecule has 1 aromatic heterocycles. The number of hydrogen-bond donors (Lipinski definition) is 1. The minimum atomic E-state index is -3.32. The van der Waals surface area contributed by atoms with Crippen molar-refractivity contribution < 1.29 is 13.2 Å². The summed E-state index contributed by atoms with van der Waals surface area (Å²) >= 11 is 6.75. The maximum Gasteiger partial charge on any atom is 0.211 e. The second-order valence-electron chi connectivity index (χ2n) is 12.4. The highest BCUT2D eigenvalue weighted by Crippen LogP contribution is 2.33. The van der Waals surface area contributed by atoms with Gasteiger partial charge in [-0.3, -0.25) is 9.58 Å². The molecule has 1 saturated heterocycles. The van der Waals surface area contributed by atoms with Gasteiger partial charge in [0.25, 0.3) is 0 Å². The van der Waals surface area contributed by atoms with E-state index in [1.54, 1.807) is 4.31 Å². The van der Waals surface area contributed by atoms with E-state index < -0.39 is 10.0 Å². The number of fused-ring (bicyclic) bond motifs is 1. The Bertz CT molecular complexity index is 1720. The number of rotatable bonds is 13. The summed E-state index contributed by atoms with van der Waals surface area (Å²) in [4.78, 5) is 2.44. The van der Waals surface area contributed by atoms with E-state index in [9.17, 15) is 8.42 Å². The zero-order valence-corrected chi connectivity index (χ0v) is 28.2. The predicted molar refractivity (Wildman–Crippen MR) is 184 cm³/mol. The summed E-state index contributed by atoms with van der Waals surface area (Å²) in [5.41, 5.74) is 8.86. The standard InChI is InChI=1S/C36H44ClN5O3S/c1-46(43,44)41-18-15-35-33(27-41)36(39-42(35)17-6-16-40-19-21-45-22-20-40)32-13-14-34(37)31(24-32)12-11-28-9-5-10-30(23-28)26-38-25-29-7-3-2-4-8-29/h2-5,7-10,13-14,23-24,38H,6,11-12,15-22,25-27H2,1H3. The Morgan fingerprint density at radius 1 is 0.870 bits per heavy atom. The van der Waals surface area contributed by atoms with Crippen LogP contribution in [0.3, 0.4) is 0 Å². The van der Waals surface area contributed by atoms with E-state index in [2.05, 4.69) is 69.5 Å². The van der Waals surface area contributed by atoms with Gasteiger partial charge < -0.3 is 10.1 Å². The van der Waals surface area contributed by atoms with Crippen molar-refractivity contribution in [2.24, 2.45) is 0 Å². The van der Waals surface area contributed by atoms with E-state index in [0.717, 1.165) is 105 Å². The molecule has 0 aliphatic carbocycles. The van der Waals surface area contributed by atoms with Crippen molar-refractivity contribution in [3.63, 3.8) is 0 Å². The van der Waals surface area contributed by atoms with Crippen LogP contribution in [0, 0.1) is 0 Å². The Hall–Kier alpha value is -3.05. The Kier molecular flexibility index (Phi) is 10.9. The summed E-state index contributed by atoms with van der Waals surface area (Å²) in [6.45, 7) is 7.78. The molecule has 3 heterocycles. The van der Waals surface area contributed by atoms with Crippen molar-refractivity contribution in [2.45, 2.75) is 51.9 Å². The lowest BCUT2D eigenvalue weighted by atomic mass is 9.97. The molecule has 0 unspecified atom stereocenters. The van der Waals surface area contributed by atoms with Gasteiger partial charge in [0.05, 0.1) is 25.2 Å². The molecule has 1 fully saturated rings. The molecular formula is C36H44ClN5O3S. The Morgan fingerprint density at radius 3 is 2.43 bits per heavy atom. The van der Waals surface area contributed by atoms with E-state index in [1.165, 1.54) is 22.9 Å². The van der Waals surface area contributed by atoms with Crippen molar-refractivity contribution in [3.8, 4) is 11.3 Å². The highest BCUT2D eigenvalue weighted by atomic mass is 35.5. The van der Waals surface area contributed by atoms with Gasteiger partial charge in [-0.2, -0.15) is 9.40 Å². The third-order valence-corrected chi connectivity index (χ3v) is 10.6. The highest BCUT2D eigenvalue weighted by molar-refractivity contribution is 7.88. The number of aromatic nitrogens is 2. The molecule has 0 atom stereocenters. The van der Waals surface area contributed by atoms with Crippen molar-refractivity contribution >= 4 is 21.6 Å². The first-order valence-electron chi connectivity index (χ1n) is 16.3. The third kappa shape index (κ3) is 8.45. The smallest absolute Gasteiger partial charge is 0.211 e. The van der Waals surface area contributed by atoms with Gasteiger partial charge in [-0.05, 0) is 53.6 Å². The maximum absolute atomic E-state index is 12.5. The molecule has 0 saturated carbocycles. The first kappa shape index (κ1) is 32.9. The van der Waals surface area contributed by atoms with E-state index in [-0.39, 0.29) is 0 Å². The summed E-state index contributed by atoms with van der Waals surface area (Å²) in [6.07, 6.45) is 4.59. The van der Waals surface area contributed by atoms with Gasteiger partial charge >= 0.3 is 0 Å². The van der Waals surface area contributed by atoms with Crippen LogP contribution in [0.4, 0.5) is 0 Å². The first-order chi connectivity index (χ1) is 22.3. The fourth-order valence-electron chi connectivity index (χ4n) is 6.47. The zero-order valence-electron chi connectivity index (χ0n) is 26.6. The van der Waals surface area contributed by atoms with Crippen LogP contribution in [0.2, 0.25) is 5.02 Å². The Balaban J connectivity index is 1.16. The van der Waals surface area contributed by atoms with Crippen LogP contribution < -0.4 is 5.32 Å². The van der Waals surface area contributed by atoms with Gasteiger partial charge in [0.2, 0.25) is 10.0 Å². The number of aryl methyl sites for hydroxylation is 3. The lowest BCUT2D eigenvalue weighted by molar-refractivity contribution is 0.0368. The molecule has 8 nitrogen and oxygen atoms in total. The molecule has 2 aliphatic rings. The Labute approximate surface area is 278 Å². The van der Waals surface area contributed by atoms with Crippen molar-refractivity contribution in [2.75, 3.05) is 45.6 Å². The molecule has 6 rings (SSSR count). The predicted octanol–water partition coefficient (Wildman–Crippen LogP) is 5.32. The molecule has 0 bridgehead atoms. The molecule has 1 N–H and O–H groups in total. The third-order valence-electron chi connectivity index (χ3n) is 9.01. The second kappa shape index (κ2) is 15.2. The SMILES string of the molecule is CS(=O)(=O)N1CCc2c(c(-c3ccc(Cl)c(CCc4cccc(CNCc5ccccc5)c4)c3)nn2CCCN2CCOCC2)C1. The summed E-state index contributed by atoms with van der Waals surface area (Å²) in [6, 6.07) is 25.3. The quantitative estimate of drug-likeness (QED) is 0.209. The van der Waals surface area contributed by atoms with E-state index in [4.69, 9.17) is 21.4 Å². The molecule has 0 radical (unpaired) electrons. The monoisotopic (exact) mass is 661 g/mol. The largest absolute Gasteiger partial charge is 0.379 e. The topological polar surface area (TPSA) is 79.7 Å². The molecule has 4 aromatic rings. The van der Waals surface area contributed by atoms with E-state index in [1.807, 2.05) is 18.2 Å². The Morgan fingerprint density at radius 2 is 1.63 bits per heavy atom. The second-order valence-corrected chi connectivity index (χ2v) is 14.8. The molecule has 244 valence electrons. The van der Waals surface area contributed by atoms with Gasteiger partial charge in [0.1, 0.15) is 0 Å². The first-order valence-corrected chi connectivity index (χ1v) is 18.5. The molecule has 3 aromatic carbocycles. The van der Waals surface area contributed by atoms with Crippen LogP contribution in [0.5, 0.6) is 0 Å². The van der Waals surface area contributed by atoms with Gasteiger partial charge in [-0.1, -0.05) is 72.3 Å². The van der Waals surface area contributed by atoms with Gasteiger partial charge in [0, 0.05) is 80.6 Å². The average molecular weight is 662 g/mol. The minimum Gasteiger partial charge on any atom is -0.379 e. The van der Waals surface area contributed by atoms with Gasteiger partial charge in [0.15, 0.2) is 0 Å². The summed E-state index contributed by atoms with van der Waals surface area (Å²) in [5.74, 6) is 0. The van der Waals surface area contributed by atoms with Gasteiger partial charge in [-0.15, -0.1) is 0 Å². The molecule has 0 spiro atoms. The number of benzene rings is 3. The number of morpholine rings is 1. The summed E-state index contributed by atoms with van der Waals surface area (Å²) < 4.78 is 34.2. The van der Waals surface area contributed by atoms with Crippen LogP contribution in [0.1, 0.15) is 39.9 Å². The van der Waals surface area contributed by atoms with E-state index >= 15 is 0 Å². The van der Waals surface area contributed by atoms with Crippen LogP contribution in [0.15, 0.2) is 72.8 Å². The van der Waals surface area contributed by atoms with Crippen LogP contribution in [0.25, 0.3) is 11.3 Å². The highest BCUT2D eigenvalue weighted by Gasteiger charge is 2.30. The lowest BCUT2D eigenvalue weighted by Crippen LogP contribution is -2.37. The number of hydrogen-bond acceptors (Lipinski definition) is 6. The maximum atomic E-state index is 12.5. The summed E-state index contributed by atoms with van der Waals surface area (Å²) in [7, 11) is -3.32. The van der Waals surface area contributed by atoms with Crippen LogP contribution in [-0.2, 0) is 60.2 Å². The number of nitrogens with one attached hydrogen (secondary N) is 1. The number of ether oxygens (including phenoxy) is 1. The molecule has 0 amide bonds. The molecule has 10 heteroatoms. The fourth-order valence-corrected chi connectivity index (χ4v) is 7.47. The lowest BCUT2D eigenvalue weighted by Gasteiger charge is -2.27. The normalized spacial score (nSPS) is 16.0. The number of nitrogens with zero attached hydrogens (tertiary/aromatic N) is 4. The number of halogens is 1.